The molecule has 1 N–H and O–H groups in total. The lowest BCUT2D eigenvalue weighted by atomic mass is 10.1. The van der Waals surface area contributed by atoms with E-state index >= 15 is 0 Å². The fourth-order valence-corrected chi connectivity index (χ4v) is 1.95. The average molecular weight is 327 g/mol. The van der Waals surface area contributed by atoms with Crippen LogP contribution in [0.15, 0.2) is 53.6 Å². The zero-order chi connectivity index (χ0) is 17.5. The van der Waals surface area contributed by atoms with Gasteiger partial charge in [-0.05, 0) is 25.5 Å². The van der Waals surface area contributed by atoms with Crippen LogP contribution >= 0.6 is 0 Å². The van der Waals surface area contributed by atoms with Crippen molar-refractivity contribution in [2.24, 2.45) is 5.10 Å². The van der Waals surface area contributed by atoms with E-state index in [0.717, 1.165) is 5.56 Å². The van der Waals surface area contributed by atoms with Gasteiger partial charge in [-0.1, -0.05) is 30.3 Å². The number of hydrazone groups is 1. The number of para-hydroxylation sites is 1. The SMILES string of the molecule is C/C(=N/NC(=O)COc1ccccc1C)c1cccc([N+](=O)[O-])c1. The topological polar surface area (TPSA) is 93.8 Å². The lowest BCUT2D eigenvalue weighted by Crippen LogP contribution is -2.25. The van der Waals surface area contributed by atoms with Crippen molar-refractivity contribution in [3.8, 4) is 5.75 Å². The lowest BCUT2D eigenvalue weighted by molar-refractivity contribution is -0.384. The molecule has 0 atom stereocenters. The summed E-state index contributed by atoms with van der Waals surface area (Å²) in [5, 5.41) is 14.7. The number of carbonyl (C=O) groups is 1. The molecule has 0 unspecified atom stereocenters. The molecule has 7 nitrogen and oxygen atoms in total. The third kappa shape index (κ3) is 4.64. The lowest BCUT2D eigenvalue weighted by Gasteiger charge is -2.08. The number of rotatable bonds is 6. The molecule has 0 aliphatic carbocycles. The number of non-ortho nitro benzene ring substituents is 1. The van der Waals surface area contributed by atoms with E-state index in [9.17, 15) is 14.9 Å². The molecule has 0 aliphatic rings. The maximum absolute atomic E-state index is 11.8. The highest BCUT2D eigenvalue weighted by Crippen LogP contribution is 2.16. The number of benzene rings is 2. The Balaban J connectivity index is 1.94. The predicted molar refractivity (Wildman–Crippen MR) is 90.1 cm³/mol. The molecule has 2 aromatic carbocycles. The second-order valence-corrected chi connectivity index (χ2v) is 5.09. The molecule has 7 heteroatoms. The number of nitro groups is 1. The summed E-state index contributed by atoms with van der Waals surface area (Å²) in [5.41, 5.74) is 4.29. The Kier molecular flexibility index (Phi) is 5.62. The third-order valence-corrected chi connectivity index (χ3v) is 3.28. The van der Waals surface area contributed by atoms with Crippen molar-refractivity contribution in [3.05, 3.63) is 69.8 Å². The normalized spacial score (nSPS) is 11.0. The molecule has 0 radical (unpaired) electrons. The van der Waals surface area contributed by atoms with Gasteiger partial charge in [-0.15, -0.1) is 0 Å². The summed E-state index contributed by atoms with van der Waals surface area (Å²) in [7, 11) is 0. The summed E-state index contributed by atoms with van der Waals surface area (Å²) in [5.74, 6) is 0.218. The van der Waals surface area contributed by atoms with Gasteiger partial charge >= 0.3 is 0 Å². The first-order valence-electron chi connectivity index (χ1n) is 7.24. The molecule has 124 valence electrons. The van der Waals surface area contributed by atoms with Crippen molar-refractivity contribution < 1.29 is 14.5 Å². The Bertz CT molecular complexity index is 787. The average Bonchev–Trinajstić information content (AvgIpc) is 2.59. The Hall–Kier alpha value is -3.22. The van der Waals surface area contributed by atoms with Crippen molar-refractivity contribution in [1.29, 1.82) is 0 Å². The van der Waals surface area contributed by atoms with Gasteiger partial charge in [-0.25, -0.2) is 5.43 Å². The summed E-state index contributed by atoms with van der Waals surface area (Å²) in [4.78, 5) is 22.1. The summed E-state index contributed by atoms with van der Waals surface area (Å²) in [6, 6.07) is 13.4. The van der Waals surface area contributed by atoms with E-state index in [1.54, 1.807) is 25.1 Å². The molecule has 0 aliphatic heterocycles. The summed E-state index contributed by atoms with van der Waals surface area (Å²) in [6.45, 7) is 3.37. The van der Waals surface area contributed by atoms with Gasteiger partial charge < -0.3 is 4.74 Å². The molecule has 24 heavy (non-hydrogen) atoms. The van der Waals surface area contributed by atoms with Gasteiger partial charge in [0.2, 0.25) is 0 Å². The van der Waals surface area contributed by atoms with Crippen LogP contribution in [0, 0.1) is 17.0 Å². The van der Waals surface area contributed by atoms with Crippen LogP contribution in [0.3, 0.4) is 0 Å². The minimum atomic E-state index is -0.481. The predicted octanol–water partition coefficient (Wildman–Crippen LogP) is 2.82. The third-order valence-electron chi connectivity index (χ3n) is 3.28. The molecule has 0 saturated carbocycles. The van der Waals surface area contributed by atoms with Gasteiger partial charge in [-0.2, -0.15) is 5.10 Å². The number of ether oxygens (including phenoxy) is 1. The molecule has 0 heterocycles. The van der Waals surface area contributed by atoms with Crippen molar-refractivity contribution >= 4 is 17.3 Å². The molecule has 2 rings (SSSR count). The summed E-state index contributed by atoms with van der Waals surface area (Å²) < 4.78 is 5.42. The number of nitrogens with zero attached hydrogens (tertiary/aromatic N) is 2. The minimum Gasteiger partial charge on any atom is -0.483 e. The standard InChI is InChI=1S/C17H17N3O4/c1-12-6-3-4-9-16(12)24-11-17(21)19-18-13(2)14-7-5-8-15(10-14)20(22)23/h3-10H,11H2,1-2H3,(H,19,21)/b18-13-. The number of nitrogens with one attached hydrogen (secondary N) is 1. The fraction of sp³-hybridized carbons (Fsp3) is 0.176. The number of carbonyl (C=O) groups excluding carboxylic acids is 1. The van der Waals surface area contributed by atoms with Crippen LogP contribution in [0.5, 0.6) is 5.75 Å². The van der Waals surface area contributed by atoms with E-state index in [1.165, 1.54) is 12.1 Å². The molecule has 1 amide bonds. The second-order valence-electron chi connectivity index (χ2n) is 5.09. The highest BCUT2D eigenvalue weighted by molar-refractivity contribution is 5.99. The first kappa shape index (κ1) is 17.1. The number of aryl methyl sites for hydroxylation is 1. The first-order valence-corrected chi connectivity index (χ1v) is 7.24. The van der Waals surface area contributed by atoms with Gasteiger partial charge in [0.25, 0.3) is 11.6 Å². The van der Waals surface area contributed by atoms with Crippen LogP contribution in [0.4, 0.5) is 5.69 Å². The molecule has 0 spiro atoms. The van der Waals surface area contributed by atoms with Gasteiger partial charge in [0.15, 0.2) is 6.61 Å². The number of hydrogen-bond donors (Lipinski definition) is 1. The maximum atomic E-state index is 11.8. The van der Waals surface area contributed by atoms with Crippen molar-refractivity contribution in [2.75, 3.05) is 6.61 Å². The number of amides is 1. The summed E-state index contributed by atoms with van der Waals surface area (Å²) >= 11 is 0. The number of hydrogen-bond acceptors (Lipinski definition) is 5. The molecule has 0 bridgehead atoms. The second kappa shape index (κ2) is 7.87. The van der Waals surface area contributed by atoms with E-state index < -0.39 is 10.8 Å². The highest BCUT2D eigenvalue weighted by Gasteiger charge is 2.08. The van der Waals surface area contributed by atoms with Crippen LogP contribution in [-0.4, -0.2) is 23.1 Å². The Morgan fingerprint density at radius 2 is 2.00 bits per heavy atom. The monoisotopic (exact) mass is 327 g/mol. The zero-order valence-corrected chi connectivity index (χ0v) is 13.4. The molecule has 0 aromatic heterocycles. The largest absolute Gasteiger partial charge is 0.483 e. The minimum absolute atomic E-state index is 0.0312. The number of nitro benzene ring substituents is 1. The van der Waals surface area contributed by atoms with E-state index in [2.05, 4.69) is 10.5 Å². The quantitative estimate of drug-likeness (QED) is 0.501. The Labute approximate surface area is 139 Å². The molecule has 0 fully saturated rings. The van der Waals surface area contributed by atoms with Crippen molar-refractivity contribution in [3.63, 3.8) is 0 Å². The van der Waals surface area contributed by atoms with Crippen LogP contribution in [0.2, 0.25) is 0 Å². The molecule has 0 saturated heterocycles. The smallest absolute Gasteiger partial charge is 0.277 e. The molecular formula is C17H17N3O4. The van der Waals surface area contributed by atoms with Crippen molar-refractivity contribution in [2.45, 2.75) is 13.8 Å². The van der Waals surface area contributed by atoms with E-state index in [-0.39, 0.29) is 12.3 Å². The maximum Gasteiger partial charge on any atom is 0.277 e. The van der Waals surface area contributed by atoms with Crippen molar-refractivity contribution in [1.82, 2.24) is 5.43 Å². The van der Waals surface area contributed by atoms with Gasteiger partial charge in [0.1, 0.15) is 5.75 Å². The first-order chi connectivity index (χ1) is 11.5. The van der Waals surface area contributed by atoms with E-state index in [0.29, 0.717) is 17.0 Å². The Morgan fingerprint density at radius 3 is 2.71 bits per heavy atom. The van der Waals surface area contributed by atoms with Gasteiger partial charge in [0.05, 0.1) is 10.6 Å². The summed E-state index contributed by atoms with van der Waals surface area (Å²) in [6.07, 6.45) is 0. The zero-order valence-electron chi connectivity index (χ0n) is 13.4. The van der Waals surface area contributed by atoms with Crippen LogP contribution < -0.4 is 10.2 Å². The fourth-order valence-electron chi connectivity index (χ4n) is 1.95. The molecule has 2 aromatic rings. The van der Waals surface area contributed by atoms with E-state index in [4.69, 9.17) is 4.74 Å². The van der Waals surface area contributed by atoms with E-state index in [1.807, 2.05) is 25.1 Å². The van der Waals surface area contributed by atoms with Crippen LogP contribution in [0.1, 0.15) is 18.1 Å². The van der Waals surface area contributed by atoms with Crippen LogP contribution in [-0.2, 0) is 4.79 Å². The van der Waals surface area contributed by atoms with Crippen LogP contribution in [0.25, 0.3) is 0 Å². The molecular weight excluding hydrogens is 310 g/mol. The Morgan fingerprint density at radius 1 is 1.25 bits per heavy atom. The van der Waals surface area contributed by atoms with Gasteiger partial charge in [-0.3, -0.25) is 14.9 Å². The van der Waals surface area contributed by atoms with Gasteiger partial charge in [0, 0.05) is 17.7 Å². The highest BCUT2D eigenvalue weighted by atomic mass is 16.6.